The Morgan fingerprint density at radius 3 is 2.82 bits per heavy atom. The van der Waals surface area contributed by atoms with Crippen LogP contribution in [0.2, 0.25) is 0 Å². The molecule has 1 atom stereocenters. The molecule has 0 unspecified atom stereocenters. The molecule has 0 radical (unpaired) electrons. The number of hydrogen-bond acceptors (Lipinski definition) is 5. The van der Waals surface area contributed by atoms with Gasteiger partial charge in [-0.25, -0.2) is 17.9 Å². The van der Waals surface area contributed by atoms with Crippen LogP contribution in [-0.2, 0) is 14.8 Å². The molecule has 1 aromatic rings. The maximum Gasteiger partial charge on any atom is 0.410 e. The van der Waals surface area contributed by atoms with Gasteiger partial charge >= 0.3 is 6.09 Å². The van der Waals surface area contributed by atoms with Crippen LogP contribution >= 0.6 is 11.3 Å². The van der Waals surface area contributed by atoms with E-state index < -0.39 is 15.6 Å². The highest BCUT2D eigenvalue weighted by molar-refractivity contribution is 7.91. The Bertz CT molecular complexity index is 605. The minimum Gasteiger partial charge on any atom is -0.444 e. The molecule has 0 aliphatic carbocycles. The third kappa shape index (κ3) is 4.69. The van der Waals surface area contributed by atoms with E-state index in [1.807, 2.05) is 20.8 Å². The molecular weight excluding hydrogens is 324 g/mol. The van der Waals surface area contributed by atoms with Gasteiger partial charge in [-0.15, -0.1) is 11.3 Å². The molecule has 2 rings (SSSR count). The lowest BCUT2D eigenvalue weighted by Gasteiger charge is -2.24. The number of hydrogen-bond donors (Lipinski definition) is 1. The predicted octanol–water partition coefficient (Wildman–Crippen LogP) is 2.28. The van der Waals surface area contributed by atoms with Crippen LogP contribution in [0.1, 0.15) is 27.2 Å². The number of likely N-dealkylation sites (tertiary alicyclic amines) is 1. The van der Waals surface area contributed by atoms with Crippen molar-refractivity contribution in [3.63, 3.8) is 0 Å². The zero-order valence-electron chi connectivity index (χ0n) is 13.0. The molecule has 1 aromatic heterocycles. The minimum atomic E-state index is -3.44. The van der Waals surface area contributed by atoms with Crippen molar-refractivity contribution in [3.05, 3.63) is 17.5 Å². The van der Waals surface area contributed by atoms with Crippen LogP contribution < -0.4 is 4.72 Å². The number of rotatable bonds is 4. The first-order chi connectivity index (χ1) is 10.2. The number of carbonyl (C=O) groups is 1. The standard InChI is InChI=1S/C14H22N2O4S2/c1-14(2,3)20-13(17)16-7-6-11(10-16)9-15-22(18,19)12-5-4-8-21-12/h4-5,8,11,15H,6-7,9-10H2,1-3H3/t11-/m1/s1. The maximum atomic E-state index is 12.0. The van der Waals surface area contributed by atoms with Gasteiger partial charge in [0, 0.05) is 19.6 Å². The monoisotopic (exact) mass is 346 g/mol. The van der Waals surface area contributed by atoms with E-state index in [0.29, 0.717) is 23.8 Å². The first kappa shape index (κ1) is 17.2. The average Bonchev–Trinajstić information content (AvgIpc) is 3.06. The summed E-state index contributed by atoms with van der Waals surface area (Å²) in [4.78, 5) is 13.6. The molecule has 1 aliphatic rings. The van der Waals surface area contributed by atoms with Crippen LogP contribution in [0.3, 0.4) is 0 Å². The van der Waals surface area contributed by atoms with Crippen molar-refractivity contribution in [2.45, 2.75) is 37.0 Å². The predicted molar refractivity (Wildman–Crippen MR) is 85.4 cm³/mol. The van der Waals surface area contributed by atoms with Crippen LogP contribution in [0.15, 0.2) is 21.7 Å². The molecule has 0 bridgehead atoms. The van der Waals surface area contributed by atoms with E-state index >= 15 is 0 Å². The van der Waals surface area contributed by atoms with Crippen molar-refractivity contribution >= 4 is 27.5 Å². The number of thiophene rings is 1. The smallest absolute Gasteiger partial charge is 0.410 e. The number of nitrogens with one attached hydrogen (secondary N) is 1. The normalized spacial score (nSPS) is 19.4. The fourth-order valence-electron chi connectivity index (χ4n) is 2.21. The van der Waals surface area contributed by atoms with Crippen LogP contribution in [0, 0.1) is 5.92 Å². The maximum absolute atomic E-state index is 12.0. The second-order valence-corrected chi connectivity index (χ2v) is 9.31. The van der Waals surface area contributed by atoms with E-state index in [1.165, 1.54) is 11.3 Å². The van der Waals surface area contributed by atoms with Crippen molar-refractivity contribution in [2.75, 3.05) is 19.6 Å². The molecular formula is C14H22N2O4S2. The second-order valence-electron chi connectivity index (χ2n) is 6.37. The number of carbonyl (C=O) groups excluding carboxylic acids is 1. The van der Waals surface area contributed by atoms with E-state index in [2.05, 4.69) is 4.72 Å². The van der Waals surface area contributed by atoms with Gasteiger partial charge in [-0.1, -0.05) is 6.07 Å². The Morgan fingerprint density at radius 1 is 1.50 bits per heavy atom. The van der Waals surface area contributed by atoms with Gasteiger partial charge in [-0.3, -0.25) is 0 Å². The van der Waals surface area contributed by atoms with Crippen molar-refractivity contribution in [1.82, 2.24) is 9.62 Å². The molecule has 0 spiro atoms. The Hall–Kier alpha value is -1.12. The molecule has 2 heterocycles. The summed E-state index contributed by atoms with van der Waals surface area (Å²) in [6.07, 6.45) is 0.433. The largest absolute Gasteiger partial charge is 0.444 e. The Kier molecular flexibility index (Phi) is 5.14. The summed E-state index contributed by atoms with van der Waals surface area (Å²) in [7, 11) is -3.44. The lowest BCUT2D eigenvalue weighted by atomic mass is 10.1. The molecule has 6 nitrogen and oxygen atoms in total. The molecule has 1 fully saturated rings. The van der Waals surface area contributed by atoms with Crippen LogP contribution in [0.5, 0.6) is 0 Å². The van der Waals surface area contributed by atoms with Crippen molar-refractivity contribution in [2.24, 2.45) is 5.92 Å². The molecule has 124 valence electrons. The highest BCUT2D eigenvalue weighted by Gasteiger charge is 2.30. The minimum absolute atomic E-state index is 0.113. The van der Waals surface area contributed by atoms with E-state index in [1.54, 1.807) is 22.4 Å². The molecule has 0 aromatic carbocycles. The highest BCUT2D eigenvalue weighted by Crippen LogP contribution is 2.20. The van der Waals surface area contributed by atoms with E-state index in [4.69, 9.17) is 4.74 Å². The lowest BCUT2D eigenvalue weighted by Crippen LogP contribution is -2.36. The number of amides is 1. The average molecular weight is 346 g/mol. The summed E-state index contributed by atoms with van der Waals surface area (Å²) >= 11 is 1.19. The van der Waals surface area contributed by atoms with E-state index in [9.17, 15) is 13.2 Å². The summed E-state index contributed by atoms with van der Waals surface area (Å²) in [6, 6.07) is 3.29. The molecule has 1 saturated heterocycles. The van der Waals surface area contributed by atoms with E-state index in [0.717, 1.165) is 6.42 Å². The molecule has 1 amide bonds. The lowest BCUT2D eigenvalue weighted by molar-refractivity contribution is 0.0288. The van der Waals surface area contributed by atoms with Crippen molar-refractivity contribution in [1.29, 1.82) is 0 Å². The van der Waals surface area contributed by atoms with Crippen LogP contribution in [0.25, 0.3) is 0 Å². The summed E-state index contributed by atoms with van der Waals surface area (Å²) in [6.45, 7) is 6.93. The number of sulfonamides is 1. The van der Waals surface area contributed by atoms with Crippen LogP contribution in [0.4, 0.5) is 4.79 Å². The van der Waals surface area contributed by atoms with Gasteiger partial charge in [-0.05, 0) is 44.6 Å². The zero-order valence-corrected chi connectivity index (χ0v) is 14.7. The Labute approximate surface area is 135 Å². The Morgan fingerprint density at radius 2 is 2.23 bits per heavy atom. The summed E-state index contributed by atoms with van der Waals surface area (Å²) in [5, 5.41) is 1.73. The fourth-order valence-corrected chi connectivity index (χ4v) is 4.36. The van der Waals surface area contributed by atoms with Crippen LogP contribution in [-0.4, -0.2) is 44.6 Å². The quantitative estimate of drug-likeness (QED) is 0.907. The Balaban J connectivity index is 1.83. The van der Waals surface area contributed by atoms with Crippen molar-refractivity contribution < 1.29 is 17.9 Å². The third-order valence-electron chi connectivity index (χ3n) is 3.26. The van der Waals surface area contributed by atoms with Crippen molar-refractivity contribution in [3.8, 4) is 0 Å². The van der Waals surface area contributed by atoms with Gasteiger partial charge in [0.15, 0.2) is 0 Å². The second kappa shape index (κ2) is 6.55. The summed E-state index contributed by atoms with van der Waals surface area (Å²) in [5.74, 6) is 0.113. The van der Waals surface area contributed by atoms with Gasteiger partial charge in [0.05, 0.1) is 0 Å². The SMILES string of the molecule is CC(C)(C)OC(=O)N1CC[C@H](CNS(=O)(=O)c2cccs2)C1. The molecule has 0 saturated carbocycles. The summed E-state index contributed by atoms with van der Waals surface area (Å²) in [5.41, 5.74) is -0.518. The fraction of sp³-hybridized carbons (Fsp3) is 0.643. The zero-order chi connectivity index (χ0) is 16.4. The molecule has 1 N–H and O–H groups in total. The number of nitrogens with zero attached hydrogens (tertiary/aromatic N) is 1. The molecule has 22 heavy (non-hydrogen) atoms. The van der Waals surface area contributed by atoms with Gasteiger partial charge in [0.2, 0.25) is 10.0 Å². The van der Waals surface area contributed by atoms with E-state index in [-0.39, 0.29) is 12.0 Å². The number of ether oxygens (including phenoxy) is 1. The molecule has 1 aliphatic heterocycles. The molecule has 8 heteroatoms. The first-order valence-electron chi connectivity index (χ1n) is 7.18. The highest BCUT2D eigenvalue weighted by atomic mass is 32.2. The van der Waals surface area contributed by atoms with Gasteiger partial charge in [-0.2, -0.15) is 0 Å². The summed E-state index contributed by atoms with van der Waals surface area (Å²) < 4.78 is 32.3. The first-order valence-corrected chi connectivity index (χ1v) is 9.55. The van der Waals surface area contributed by atoms with Gasteiger partial charge in [0.25, 0.3) is 0 Å². The third-order valence-corrected chi connectivity index (χ3v) is 6.08. The van der Waals surface area contributed by atoms with Gasteiger partial charge in [0.1, 0.15) is 9.81 Å². The topological polar surface area (TPSA) is 75.7 Å². The van der Waals surface area contributed by atoms with Gasteiger partial charge < -0.3 is 9.64 Å².